The molecule has 0 bridgehead atoms. The normalized spacial score (nSPS) is 14.2. The third-order valence-corrected chi connectivity index (χ3v) is 7.11. The van der Waals surface area contributed by atoms with E-state index in [0.717, 1.165) is 34.8 Å². The van der Waals surface area contributed by atoms with E-state index in [-0.39, 0.29) is 18.4 Å². The van der Waals surface area contributed by atoms with Gasteiger partial charge in [-0.25, -0.2) is 0 Å². The molecule has 0 saturated carbocycles. The van der Waals surface area contributed by atoms with E-state index < -0.39 is 0 Å². The number of methoxy groups -OCH3 is 1. The zero-order valence-corrected chi connectivity index (χ0v) is 22.8. The van der Waals surface area contributed by atoms with Crippen molar-refractivity contribution in [1.82, 2.24) is 20.0 Å². The van der Waals surface area contributed by atoms with E-state index in [1.165, 1.54) is 0 Å². The van der Waals surface area contributed by atoms with Crippen LogP contribution in [0.15, 0.2) is 60.7 Å². The molecule has 200 valence electrons. The largest absolute Gasteiger partial charge is 0.497 e. The minimum Gasteiger partial charge on any atom is -0.497 e. The maximum absolute atomic E-state index is 13.3. The Morgan fingerprint density at radius 1 is 1.00 bits per heavy atom. The van der Waals surface area contributed by atoms with Gasteiger partial charge in [-0.3, -0.25) is 9.59 Å². The summed E-state index contributed by atoms with van der Waals surface area (Å²) in [5, 5.41) is 8.85. The zero-order chi connectivity index (χ0) is 27.1. The standard InChI is InChI=1S/C30H37N5O3/c1-5-22(2)20-35(30(37)24-11-9-23(3)10-12-24)21-29(36)34-17-15-33(16-18-34)28-14-13-27(31-32-28)25-7-6-8-26(19-25)38-4/h6-14,19,22H,5,15-18,20-21H2,1-4H3/t22-/m0/s1. The van der Waals surface area contributed by atoms with Gasteiger partial charge in [-0.15, -0.1) is 10.2 Å². The molecule has 0 unspecified atom stereocenters. The molecular weight excluding hydrogens is 478 g/mol. The van der Waals surface area contributed by atoms with Crippen LogP contribution in [0.5, 0.6) is 5.75 Å². The smallest absolute Gasteiger partial charge is 0.254 e. The van der Waals surface area contributed by atoms with Gasteiger partial charge in [0.1, 0.15) is 12.3 Å². The number of ether oxygens (including phenoxy) is 1. The van der Waals surface area contributed by atoms with Crippen LogP contribution < -0.4 is 9.64 Å². The van der Waals surface area contributed by atoms with Crippen LogP contribution in [0, 0.1) is 12.8 Å². The number of hydrogen-bond donors (Lipinski definition) is 0. The van der Waals surface area contributed by atoms with Crippen molar-refractivity contribution in [2.45, 2.75) is 27.2 Å². The van der Waals surface area contributed by atoms with Crippen molar-refractivity contribution in [2.75, 3.05) is 51.3 Å². The van der Waals surface area contributed by atoms with Crippen LogP contribution in [0.4, 0.5) is 5.82 Å². The summed E-state index contributed by atoms with van der Waals surface area (Å²) in [6.45, 7) is 9.34. The predicted molar refractivity (Wildman–Crippen MR) is 149 cm³/mol. The lowest BCUT2D eigenvalue weighted by Crippen LogP contribution is -2.52. The van der Waals surface area contributed by atoms with Crippen molar-refractivity contribution in [3.05, 3.63) is 71.8 Å². The quantitative estimate of drug-likeness (QED) is 0.423. The molecule has 4 rings (SSSR count). The summed E-state index contributed by atoms with van der Waals surface area (Å²) in [6, 6.07) is 19.2. The van der Waals surface area contributed by atoms with Crippen molar-refractivity contribution in [3.8, 4) is 17.0 Å². The molecule has 8 heteroatoms. The third-order valence-electron chi connectivity index (χ3n) is 7.11. The number of rotatable bonds is 9. The van der Waals surface area contributed by atoms with Gasteiger partial charge >= 0.3 is 0 Å². The van der Waals surface area contributed by atoms with Crippen molar-refractivity contribution in [2.24, 2.45) is 5.92 Å². The summed E-state index contributed by atoms with van der Waals surface area (Å²) in [6.07, 6.45) is 0.947. The Labute approximate surface area is 225 Å². The summed E-state index contributed by atoms with van der Waals surface area (Å²) in [5.41, 5.74) is 3.44. The maximum Gasteiger partial charge on any atom is 0.254 e. The first-order valence-corrected chi connectivity index (χ1v) is 13.2. The molecule has 1 aliphatic heterocycles. The van der Waals surface area contributed by atoms with Crippen LogP contribution in [0.3, 0.4) is 0 Å². The summed E-state index contributed by atoms with van der Waals surface area (Å²) >= 11 is 0. The fraction of sp³-hybridized carbons (Fsp3) is 0.400. The van der Waals surface area contributed by atoms with E-state index >= 15 is 0 Å². The molecule has 1 saturated heterocycles. The first-order chi connectivity index (χ1) is 18.4. The van der Waals surface area contributed by atoms with E-state index in [1.54, 1.807) is 12.0 Å². The molecule has 2 heterocycles. The van der Waals surface area contributed by atoms with E-state index in [1.807, 2.05) is 72.5 Å². The molecule has 3 aromatic rings. The summed E-state index contributed by atoms with van der Waals surface area (Å²) in [5.74, 6) is 1.76. The predicted octanol–water partition coefficient (Wildman–Crippen LogP) is 4.30. The molecule has 0 spiro atoms. The summed E-state index contributed by atoms with van der Waals surface area (Å²) < 4.78 is 5.30. The number of aryl methyl sites for hydroxylation is 1. The number of nitrogens with zero attached hydrogens (tertiary/aromatic N) is 5. The molecule has 1 aliphatic rings. The molecule has 0 aliphatic carbocycles. The number of piperazine rings is 1. The van der Waals surface area contributed by atoms with Gasteiger partial charge in [-0.2, -0.15) is 0 Å². The SMILES string of the molecule is CC[C@H](C)CN(CC(=O)N1CCN(c2ccc(-c3cccc(OC)c3)nn2)CC1)C(=O)c1ccc(C)cc1. The molecule has 2 amide bonds. The molecule has 38 heavy (non-hydrogen) atoms. The van der Waals surface area contributed by atoms with E-state index in [4.69, 9.17) is 4.74 Å². The Morgan fingerprint density at radius 2 is 1.74 bits per heavy atom. The van der Waals surface area contributed by atoms with Crippen LogP contribution in [0.25, 0.3) is 11.3 Å². The highest BCUT2D eigenvalue weighted by atomic mass is 16.5. The molecule has 8 nitrogen and oxygen atoms in total. The molecule has 0 N–H and O–H groups in total. The molecule has 1 atom stereocenters. The number of benzene rings is 2. The van der Waals surface area contributed by atoms with Crippen LogP contribution in [0.1, 0.15) is 36.2 Å². The van der Waals surface area contributed by atoms with E-state index in [0.29, 0.717) is 44.2 Å². The number of aromatic nitrogens is 2. The second kappa shape index (κ2) is 12.5. The summed E-state index contributed by atoms with van der Waals surface area (Å²) in [7, 11) is 1.64. The molecular formula is C30H37N5O3. The van der Waals surface area contributed by atoms with Gasteiger partial charge in [0.2, 0.25) is 5.91 Å². The third kappa shape index (κ3) is 6.68. The van der Waals surface area contributed by atoms with Crippen LogP contribution in [-0.4, -0.2) is 78.2 Å². The highest BCUT2D eigenvalue weighted by molar-refractivity contribution is 5.96. The van der Waals surface area contributed by atoms with Crippen molar-refractivity contribution >= 4 is 17.6 Å². The van der Waals surface area contributed by atoms with Gasteiger partial charge in [-0.05, 0) is 49.2 Å². The Bertz CT molecular complexity index is 1220. The minimum atomic E-state index is -0.0938. The average molecular weight is 516 g/mol. The van der Waals surface area contributed by atoms with E-state index in [2.05, 4.69) is 28.9 Å². The van der Waals surface area contributed by atoms with Gasteiger partial charge in [-0.1, -0.05) is 50.1 Å². The summed E-state index contributed by atoms with van der Waals surface area (Å²) in [4.78, 5) is 32.2. The topological polar surface area (TPSA) is 78.9 Å². The lowest BCUT2D eigenvalue weighted by Gasteiger charge is -2.36. The Balaban J connectivity index is 1.36. The van der Waals surface area contributed by atoms with E-state index in [9.17, 15) is 9.59 Å². The van der Waals surface area contributed by atoms with Crippen LogP contribution in [-0.2, 0) is 4.79 Å². The lowest BCUT2D eigenvalue weighted by molar-refractivity contribution is -0.132. The van der Waals surface area contributed by atoms with Crippen molar-refractivity contribution in [1.29, 1.82) is 0 Å². The van der Waals surface area contributed by atoms with Crippen LogP contribution >= 0.6 is 0 Å². The highest BCUT2D eigenvalue weighted by Crippen LogP contribution is 2.23. The van der Waals surface area contributed by atoms with Crippen LogP contribution in [0.2, 0.25) is 0 Å². The molecule has 1 aromatic heterocycles. The van der Waals surface area contributed by atoms with Gasteiger partial charge in [0.05, 0.1) is 12.8 Å². The van der Waals surface area contributed by atoms with Gasteiger partial charge in [0, 0.05) is 43.9 Å². The molecule has 2 aromatic carbocycles. The lowest BCUT2D eigenvalue weighted by atomic mass is 10.1. The van der Waals surface area contributed by atoms with Gasteiger partial charge < -0.3 is 19.4 Å². The first-order valence-electron chi connectivity index (χ1n) is 13.2. The van der Waals surface area contributed by atoms with Crippen molar-refractivity contribution < 1.29 is 14.3 Å². The number of carbonyl (C=O) groups is 2. The first kappa shape index (κ1) is 27.1. The van der Waals surface area contributed by atoms with Gasteiger partial charge in [0.15, 0.2) is 5.82 Å². The average Bonchev–Trinajstić information content (AvgIpc) is 2.97. The number of carbonyl (C=O) groups excluding carboxylic acids is 2. The number of hydrogen-bond acceptors (Lipinski definition) is 6. The fourth-order valence-electron chi connectivity index (χ4n) is 4.48. The molecule has 1 fully saturated rings. The number of amides is 2. The zero-order valence-electron chi connectivity index (χ0n) is 22.8. The van der Waals surface area contributed by atoms with Crippen molar-refractivity contribution in [3.63, 3.8) is 0 Å². The Morgan fingerprint density at radius 3 is 2.37 bits per heavy atom. The Hall–Kier alpha value is -3.94. The fourth-order valence-corrected chi connectivity index (χ4v) is 4.48. The minimum absolute atomic E-state index is 0.0205. The highest BCUT2D eigenvalue weighted by Gasteiger charge is 2.26. The maximum atomic E-state index is 13.3. The van der Waals surface area contributed by atoms with Gasteiger partial charge in [0.25, 0.3) is 5.91 Å². The monoisotopic (exact) mass is 515 g/mol. The second-order valence-electron chi connectivity index (χ2n) is 9.94. The molecule has 0 radical (unpaired) electrons. The Kier molecular flexibility index (Phi) is 8.94. The second-order valence-corrected chi connectivity index (χ2v) is 9.94. The number of anilines is 1.